The molecule has 0 radical (unpaired) electrons. The predicted octanol–water partition coefficient (Wildman–Crippen LogP) is 1.40. The van der Waals surface area contributed by atoms with Gasteiger partial charge in [-0.05, 0) is 37.1 Å². The van der Waals surface area contributed by atoms with Crippen molar-refractivity contribution in [2.45, 2.75) is 12.8 Å². The number of nitrogens with one attached hydrogen (secondary N) is 1. The van der Waals surface area contributed by atoms with E-state index in [1.807, 2.05) is 36.4 Å². The third-order valence-electron chi connectivity index (χ3n) is 4.90. The molecule has 1 aromatic carbocycles. The number of sulfonamides is 1. The highest BCUT2D eigenvalue weighted by molar-refractivity contribution is 7.88. The Morgan fingerprint density at radius 1 is 1.11 bits per heavy atom. The van der Waals surface area contributed by atoms with E-state index in [-0.39, 0.29) is 11.8 Å². The van der Waals surface area contributed by atoms with Crippen LogP contribution in [0.5, 0.6) is 0 Å². The van der Waals surface area contributed by atoms with E-state index in [4.69, 9.17) is 0 Å². The Morgan fingerprint density at radius 3 is 2.50 bits per heavy atom. The van der Waals surface area contributed by atoms with E-state index in [9.17, 15) is 13.2 Å². The van der Waals surface area contributed by atoms with Gasteiger partial charge in [0.1, 0.15) is 6.33 Å². The first-order valence-electron chi connectivity index (χ1n) is 8.94. The molecular weight excluding hydrogens is 380 g/mol. The standard InChI is InChI=1S/C18H20N6O3S/c1-28(26,27)23-10-8-14(9-11-23)18(25)20-15-4-2-13(3-5-15)16-6-7-17-21-19-12-24(17)22-16/h2-7,12,14H,8-11H2,1H3,(H,20,25). The highest BCUT2D eigenvalue weighted by Gasteiger charge is 2.28. The summed E-state index contributed by atoms with van der Waals surface area (Å²) in [6.45, 7) is 0.764. The fraction of sp³-hybridized carbons (Fsp3) is 0.333. The Labute approximate surface area is 162 Å². The van der Waals surface area contributed by atoms with E-state index in [1.165, 1.54) is 10.6 Å². The molecule has 9 nitrogen and oxygen atoms in total. The molecule has 1 fully saturated rings. The molecule has 1 N–H and O–H groups in total. The normalized spacial score (nSPS) is 16.3. The summed E-state index contributed by atoms with van der Waals surface area (Å²) in [5, 5.41) is 15.1. The summed E-state index contributed by atoms with van der Waals surface area (Å²) in [7, 11) is -3.19. The van der Waals surface area contributed by atoms with Crippen molar-refractivity contribution in [2.24, 2.45) is 5.92 Å². The molecule has 0 unspecified atom stereocenters. The summed E-state index contributed by atoms with van der Waals surface area (Å²) in [4.78, 5) is 12.5. The number of amides is 1. The maximum atomic E-state index is 12.5. The van der Waals surface area contributed by atoms with Gasteiger partial charge in [-0.1, -0.05) is 12.1 Å². The number of fused-ring (bicyclic) bond motifs is 1. The van der Waals surface area contributed by atoms with Crippen molar-refractivity contribution in [3.05, 3.63) is 42.7 Å². The predicted molar refractivity (Wildman–Crippen MR) is 104 cm³/mol. The Morgan fingerprint density at radius 2 is 1.82 bits per heavy atom. The van der Waals surface area contributed by atoms with Gasteiger partial charge < -0.3 is 5.32 Å². The van der Waals surface area contributed by atoms with E-state index >= 15 is 0 Å². The van der Waals surface area contributed by atoms with Crippen molar-refractivity contribution in [1.82, 2.24) is 24.1 Å². The van der Waals surface area contributed by atoms with Gasteiger partial charge in [0.05, 0.1) is 11.9 Å². The number of carbonyl (C=O) groups excluding carboxylic acids is 1. The summed E-state index contributed by atoms with van der Waals surface area (Å²) < 4.78 is 26.2. The van der Waals surface area contributed by atoms with Crippen LogP contribution < -0.4 is 5.32 Å². The summed E-state index contributed by atoms with van der Waals surface area (Å²) in [5.41, 5.74) is 3.06. The smallest absolute Gasteiger partial charge is 0.227 e. The lowest BCUT2D eigenvalue weighted by atomic mass is 9.97. The molecular formula is C18H20N6O3S. The summed E-state index contributed by atoms with van der Waals surface area (Å²) >= 11 is 0. The van der Waals surface area contributed by atoms with Crippen molar-refractivity contribution < 1.29 is 13.2 Å². The molecule has 1 aliphatic heterocycles. The van der Waals surface area contributed by atoms with E-state index < -0.39 is 10.0 Å². The van der Waals surface area contributed by atoms with E-state index in [0.29, 0.717) is 37.3 Å². The number of aromatic nitrogens is 4. The Balaban J connectivity index is 1.40. The first-order chi connectivity index (χ1) is 13.4. The molecule has 28 heavy (non-hydrogen) atoms. The molecule has 1 aliphatic rings. The number of hydrogen-bond donors (Lipinski definition) is 1. The highest BCUT2D eigenvalue weighted by atomic mass is 32.2. The quantitative estimate of drug-likeness (QED) is 0.709. The second-order valence-corrected chi connectivity index (χ2v) is 8.84. The molecule has 3 aromatic rings. The lowest BCUT2D eigenvalue weighted by Crippen LogP contribution is -2.40. The Bertz CT molecular complexity index is 1100. The van der Waals surface area contributed by atoms with Gasteiger partial charge in [-0.3, -0.25) is 4.79 Å². The molecule has 3 heterocycles. The first-order valence-corrected chi connectivity index (χ1v) is 10.8. The van der Waals surface area contributed by atoms with Gasteiger partial charge in [0.15, 0.2) is 5.65 Å². The topological polar surface area (TPSA) is 110 Å². The van der Waals surface area contributed by atoms with Crippen LogP contribution in [-0.2, 0) is 14.8 Å². The van der Waals surface area contributed by atoms with E-state index in [0.717, 1.165) is 11.3 Å². The molecule has 2 aromatic heterocycles. The third kappa shape index (κ3) is 3.87. The maximum Gasteiger partial charge on any atom is 0.227 e. The van der Waals surface area contributed by atoms with Crippen LogP contribution >= 0.6 is 0 Å². The fourth-order valence-electron chi connectivity index (χ4n) is 3.30. The van der Waals surface area contributed by atoms with Gasteiger partial charge in [-0.15, -0.1) is 10.2 Å². The molecule has 146 valence electrons. The Kier molecular flexibility index (Phi) is 4.82. The van der Waals surface area contributed by atoms with Crippen LogP contribution in [0, 0.1) is 5.92 Å². The number of hydrogen-bond acceptors (Lipinski definition) is 6. The molecule has 1 saturated heterocycles. The number of anilines is 1. The van der Waals surface area contributed by atoms with Crippen molar-refractivity contribution in [2.75, 3.05) is 24.7 Å². The molecule has 0 atom stereocenters. The number of piperidine rings is 1. The van der Waals surface area contributed by atoms with Crippen LogP contribution in [0.25, 0.3) is 16.9 Å². The number of benzene rings is 1. The van der Waals surface area contributed by atoms with Gasteiger partial charge in [-0.2, -0.15) is 9.61 Å². The van der Waals surface area contributed by atoms with Gasteiger partial charge in [0, 0.05) is 30.3 Å². The summed E-state index contributed by atoms with van der Waals surface area (Å²) in [6.07, 6.45) is 3.80. The van der Waals surface area contributed by atoms with E-state index in [2.05, 4.69) is 20.6 Å². The van der Waals surface area contributed by atoms with E-state index in [1.54, 1.807) is 10.8 Å². The lowest BCUT2D eigenvalue weighted by Gasteiger charge is -2.29. The van der Waals surface area contributed by atoms with Crippen molar-refractivity contribution in [1.29, 1.82) is 0 Å². The highest BCUT2D eigenvalue weighted by Crippen LogP contribution is 2.23. The average molecular weight is 400 g/mol. The molecule has 4 rings (SSSR count). The SMILES string of the molecule is CS(=O)(=O)N1CCC(C(=O)Nc2ccc(-c3ccc4nncn4n3)cc2)CC1. The van der Waals surface area contributed by atoms with Crippen LogP contribution in [0.15, 0.2) is 42.7 Å². The first kappa shape index (κ1) is 18.5. The molecule has 10 heteroatoms. The monoisotopic (exact) mass is 400 g/mol. The summed E-state index contributed by atoms with van der Waals surface area (Å²) in [5.74, 6) is -0.263. The average Bonchev–Trinajstić information content (AvgIpc) is 3.16. The molecule has 1 amide bonds. The van der Waals surface area contributed by atoms with Crippen LogP contribution in [0.1, 0.15) is 12.8 Å². The zero-order valence-corrected chi connectivity index (χ0v) is 16.1. The van der Waals surface area contributed by atoms with Gasteiger partial charge in [-0.25, -0.2) is 12.7 Å². The molecule has 0 bridgehead atoms. The van der Waals surface area contributed by atoms with Crippen LogP contribution in [0.2, 0.25) is 0 Å². The summed E-state index contributed by atoms with van der Waals surface area (Å²) in [6, 6.07) is 11.1. The van der Waals surface area contributed by atoms with Crippen molar-refractivity contribution in [3.63, 3.8) is 0 Å². The largest absolute Gasteiger partial charge is 0.326 e. The number of rotatable bonds is 4. The zero-order valence-electron chi connectivity index (χ0n) is 15.3. The van der Waals surface area contributed by atoms with Crippen LogP contribution in [0.4, 0.5) is 5.69 Å². The molecule has 0 spiro atoms. The van der Waals surface area contributed by atoms with Crippen molar-refractivity contribution >= 4 is 27.3 Å². The lowest BCUT2D eigenvalue weighted by molar-refractivity contribution is -0.120. The number of carbonyl (C=O) groups is 1. The second kappa shape index (κ2) is 7.28. The minimum absolute atomic E-state index is 0.0788. The van der Waals surface area contributed by atoms with Crippen LogP contribution in [-0.4, -0.2) is 57.8 Å². The van der Waals surface area contributed by atoms with Crippen molar-refractivity contribution in [3.8, 4) is 11.3 Å². The van der Waals surface area contributed by atoms with Crippen LogP contribution in [0.3, 0.4) is 0 Å². The molecule has 0 aliphatic carbocycles. The third-order valence-corrected chi connectivity index (χ3v) is 6.21. The minimum Gasteiger partial charge on any atom is -0.326 e. The number of nitrogens with zero attached hydrogens (tertiary/aromatic N) is 5. The molecule has 0 saturated carbocycles. The van der Waals surface area contributed by atoms with Gasteiger partial charge in [0.25, 0.3) is 0 Å². The Hall–Kier alpha value is -2.85. The minimum atomic E-state index is -3.19. The van der Waals surface area contributed by atoms with Gasteiger partial charge in [0.2, 0.25) is 15.9 Å². The van der Waals surface area contributed by atoms with Gasteiger partial charge >= 0.3 is 0 Å². The zero-order chi connectivity index (χ0) is 19.7. The fourth-order valence-corrected chi connectivity index (χ4v) is 4.17. The maximum absolute atomic E-state index is 12.5. The second-order valence-electron chi connectivity index (χ2n) is 6.86.